The molecule has 3 saturated carbocycles. The SMILES string of the molecule is CO[C@@H]1[C@@H](O)[C@H](O[C@@H]2[C@@H](O)[C@H](O[C@@H]3CO[C@@H](O[C@H]4CC[C@]5(C)C6=C[C@H](O)[C@]78C(=O)O[C@@](C)(CCCC(C)C)[C@H]7CC[C@@]8(C)[C@@H]6CC[C@H]5C4(C)C)[C@H](O[C@@H]4O[C@H](C)[C@@H](O)[C@H](O)[C@H]4O)[C@H]3O)O[C@H](CO)[C@H]2O)O[C@H](CO)[C@H]1O. The number of methoxy groups -OCH3 is 1. The van der Waals surface area contributed by atoms with Crippen molar-refractivity contribution < 1.29 is 108 Å². The third-order valence-corrected chi connectivity index (χ3v) is 20.4. The molecule has 436 valence electrons. The van der Waals surface area contributed by atoms with Crippen molar-refractivity contribution in [2.75, 3.05) is 26.9 Å². The Morgan fingerprint density at radius 1 is 0.658 bits per heavy atom. The molecule has 22 heteroatoms. The van der Waals surface area contributed by atoms with E-state index in [1.54, 1.807) is 0 Å². The molecule has 0 bridgehead atoms. The van der Waals surface area contributed by atoms with Gasteiger partial charge >= 0.3 is 5.97 Å². The van der Waals surface area contributed by atoms with Crippen LogP contribution in [0.25, 0.3) is 0 Å². The van der Waals surface area contributed by atoms with Gasteiger partial charge in [-0.2, -0.15) is 0 Å². The zero-order chi connectivity index (χ0) is 55.4. The first-order chi connectivity index (χ1) is 35.7. The normalized spacial score (nSPS) is 53.1. The first-order valence-electron chi connectivity index (χ1n) is 27.8. The van der Waals surface area contributed by atoms with Crippen molar-refractivity contribution in [1.82, 2.24) is 0 Å². The summed E-state index contributed by atoms with van der Waals surface area (Å²) in [6, 6.07) is 0. The number of aliphatic hydroxyl groups excluding tert-OH is 11. The van der Waals surface area contributed by atoms with E-state index in [9.17, 15) is 61.0 Å². The van der Waals surface area contributed by atoms with Gasteiger partial charge in [0, 0.05) is 13.0 Å². The minimum Gasteiger partial charge on any atom is -0.459 e. The molecule has 8 fully saturated rings. The number of carbonyl (C=O) groups excluding carboxylic acids is 1. The highest BCUT2D eigenvalue weighted by molar-refractivity contribution is 5.84. The van der Waals surface area contributed by atoms with Gasteiger partial charge in [0.15, 0.2) is 25.2 Å². The van der Waals surface area contributed by atoms with Crippen LogP contribution >= 0.6 is 0 Å². The van der Waals surface area contributed by atoms with Crippen molar-refractivity contribution >= 4 is 5.97 Å². The van der Waals surface area contributed by atoms with Crippen molar-refractivity contribution in [3.05, 3.63) is 11.6 Å². The molecule has 5 aliphatic heterocycles. The molecule has 28 atom stereocenters. The third-order valence-electron chi connectivity index (χ3n) is 20.4. The van der Waals surface area contributed by atoms with Crippen LogP contribution in [0.5, 0.6) is 0 Å². The van der Waals surface area contributed by atoms with Crippen LogP contribution in [0.1, 0.15) is 113 Å². The van der Waals surface area contributed by atoms with Crippen LogP contribution in [0, 0.1) is 45.3 Å². The maximum Gasteiger partial charge on any atom is 0.316 e. The van der Waals surface area contributed by atoms with Crippen LogP contribution in [0.4, 0.5) is 0 Å². The van der Waals surface area contributed by atoms with Crippen molar-refractivity contribution in [3.8, 4) is 0 Å². The minimum absolute atomic E-state index is 0.0140. The molecule has 76 heavy (non-hydrogen) atoms. The van der Waals surface area contributed by atoms with E-state index >= 15 is 0 Å². The molecule has 9 rings (SSSR count). The smallest absolute Gasteiger partial charge is 0.316 e. The molecule has 22 nitrogen and oxygen atoms in total. The lowest BCUT2D eigenvalue weighted by Crippen LogP contribution is -2.66. The van der Waals surface area contributed by atoms with E-state index in [-0.39, 0.29) is 23.7 Å². The fraction of sp³-hybridized carbons (Fsp3) is 0.944. The molecule has 0 unspecified atom stereocenters. The Morgan fingerprint density at radius 2 is 1.28 bits per heavy atom. The molecule has 0 radical (unpaired) electrons. The Morgan fingerprint density at radius 3 is 1.92 bits per heavy atom. The highest BCUT2D eigenvalue weighted by Gasteiger charge is 2.79. The summed E-state index contributed by atoms with van der Waals surface area (Å²) in [5, 5.41) is 122. The van der Waals surface area contributed by atoms with Crippen LogP contribution in [-0.4, -0.2) is 224 Å². The van der Waals surface area contributed by atoms with Crippen LogP contribution in [-0.2, 0) is 52.2 Å². The fourth-order valence-electron chi connectivity index (χ4n) is 16.2. The maximum absolute atomic E-state index is 14.5. The van der Waals surface area contributed by atoms with Crippen LogP contribution < -0.4 is 0 Å². The second kappa shape index (κ2) is 22.0. The predicted molar refractivity (Wildman–Crippen MR) is 262 cm³/mol. The number of cyclic esters (lactones) is 1. The van der Waals surface area contributed by atoms with Crippen LogP contribution in [0.2, 0.25) is 0 Å². The predicted octanol–water partition coefficient (Wildman–Crippen LogP) is -0.337. The molecular weight excluding hydrogens is 1000 g/mol. The molecule has 4 aliphatic carbocycles. The van der Waals surface area contributed by atoms with E-state index in [4.69, 9.17) is 47.4 Å². The summed E-state index contributed by atoms with van der Waals surface area (Å²) in [5.41, 5.74) is -2.03. The zero-order valence-electron chi connectivity index (χ0n) is 45.4. The summed E-state index contributed by atoms with van der Waals surface area (Å²) < 4.78 is 60.5. The molecule has 0 aromatic heterocycles. The molecule has 9 aliphatic rings. The van der Waals surface area contributed by atoms with Crippen LogP contribution in [0.15, 0.2) is 11.6 Å². The second-order valence-corrected chi connectivity index (χ2v) is 25.4. The number of fused-ring (bicyclic) bond motifs is 4. The van der Waals surface area contributed by atoms with Crippen molar-refractivity contribution in [3.63, 3.8) is 0 Å². The third kappa shape index (κ3) is 9.47. The number of allylic oxidation sites excluding steroid dienone is 1. The largest absolute Gasteiger partial charge is 0.459 e. The average molecular weight is 1090 g/mol. The van der Waals surface area contributed by atoms with Crippen molar-refractivity contribution in [2.24, 2.45) is 45.3 Å². The van der Waals surface area contributed by atoms with Crippen LogP contribution in [0.3, 0.4) is 0 Å². The molecule has 5 heterocycles. The average Bonchev–Trinajstić information content (AvgIpc) is 4.06. The number of ether oxygens (including phenoxy) is 10. The van der Waals surface area contributed by atoms with Gasteiger partial charge in [0.05, 0.1) is 38.1 Å². The second-order valence-electron chi connectivity index (χ2n) is 25.4. The van der Waals surface area contributed by atoms with Crippen molar-refractivity contribution in [2.45, 2.75) is 248 Å². The molecule has 0 aromatic carbocycles. The standard InChI is InChI=1S/C54H88O22/c1-23(2)11-10-16-53(8)31-14-18-52(7)25-12-13-30-50(4,5)33(15-17-51(30,6)26(25)19-32(57)54(31,52)49(66)76-53)73-48-44(75-45-39(63)38(62)34(58)24(3)69-45)37(61)29(22-68-48)72-46-41(65)43(36(60)28(21-56)70-46)74-47-40(64)42(67-9)35(59)27(20-55)71-47/h19,23-25,27-48,55-65H,10-18,20-22H2,1-9H3/t24-,25-,27-,28-,29-,30+,31-,32+,33+,34-,35-,36-,37+,38+,39-,40-,41-,42+,43+,44-,45+,46+,47+,48+,51-,52+,53+,54+/m1/s1. The summed E-state index contributed by atoms with van der Waals surface area (Å²) in [6.07, 6.45) is -22.1. The van der Waals surface area contributed by atoms with Gasteiger partial charge in [0.25, 0.3) is 0 Å². The lowest BCUT2D eigenvalue weighted by Gasteiger charge is -2.64. The number of hydrogen-bond acceptors (Lipinski definition) is 22. The van der Waals surface area contributed by atoms with Gasteiger partial charge < -0.3 is 104 Å². The van der Waals surface area contributed by atoms with Crippen molar-refractivity contribution in [1.29, 1.82) is 0 Å². The highest BCUT2D eigenvalue weighted by Crippen LogP contribution is 2.76. The zero-order valence-corrected chi connectivity index (χ0v) is 45.4. The van der Waals surface area contributed by atoms with Gasteiger partial charge in [-0.05, 0) is 99.2 Å². The Kier molecular flexibility index (Phi) is 17.1. The van der Waals surface area contributed by atoms with Gasteiger partial charge in [-0.3, -0.25) is 4.79 Å². The summed E-state index contributed by atoms with van der Waals surface area (Å²) >= 11 is 0. The van der Waals surface area contributed by atoms with E-state index in [1.165, 1.54) is 19.6 Å². The quantitative estimate of drug-likeness (QED) is 0.0568. The van der Waals surface area contributed by atoms with E-state index in [2.05, 4.69) is 48.5 Å². The minimum atomic E-state index is -1.90. The topological polar surface area (TPSA) is 332 Å². The molecule has 1 spiro atoms. The number of carbonyl (C=O) groups is 1. The fourth-order valence-corrected chi connectivity index (χ4v) is 16.2. The molecule has 0 amide bonds. The maximum atomic E-state index is 14.5. The Balaban J connectivity index is 0.943. The van der Waals surface area contributed by atoms with Gasteiger partial charge in [0.1, 0.15) is 96.5 Å². The molecular formula is C54H88O22. The highest BCUT2D eigenvalue weighted by atomic mass is 16.8. The summed E-state index contributed by atoms with van der Waals surface area (Å²) in [4.78, 5) is 14.5. The Labute approximate surface area is 444 Å². The summed E-state index contributed by atoms with van der Waals surface area (Å²) in [6.45, 7) is 14.8. The monoisotopic (exact) mass is 1090 g/mol. The number of rotatable bonds is 15. The van der Waals surface area contributed by atoms with E-state index in [0.717, 1.165) is 44.9 Å². The van der Waals surface area contributed by atoms with E-state index in [1.807, 2.05) is 6.08 Å². The van der Waals surface area contributed by atoms with E-state index < -0.39 is 176 Å². The summed E-state index contributed by atoms with van der Waals surface area (Å²) in [5.74, 6) is 0.196. The lowest BCUT2D eigenvalue weighted by molar-refractivity contribution is -0.388. The lowest BCUT2D eigenvalue weighted by atomic mass is 9.40. The molecule has 0 aromatic rings. The number of hydrogen-bond donors (Lipinski definition) is 11. The Bertz CT molecular complexity index is 2060. The first kappa shape index (κ1) is 59.0. The van der Waals surface area contributed by atoms with Gasteiger partial charge in [-0.1, -0.05) is 59.6 Å². The van der Waals surface area contributed by atoms with Gasteiger partial charge in [0.2, 0.25) is 0 Å². The number of esters is 1. The van der Waals surface area contributed by atoms with E-state index in [0.29, 0.717) is 18.8 Å². The summed E-state index contributed by atoms with van der Waals surface area (Å²) in [7, 11) is 1.21. The first-order valence-corrected chi connectivity index (χ1v) is 27.8. The molecule has 11 N–H and O–H groups in total. The number of aliphatic hydroxyl groups is 11. The Hall–Kier alpha value is -1.59. The van der Waals surface area contributed by atoms with Gasteiger partial charge in [-0.15, -0.1) is 0 Å². The van der Waals surface area contributed by atoms with Gasteiger partial charge in [-0.25, -0.2) is 0 Å². The molecule has 5 saturated heterocycles.